The van der Waals surface area contributed by atoms with Gasteiger partial charge in [0.15, 0.2) is 0 Å². The second-order valence-corrected chi connectivity index (χ2v) is 4.80. The topological polar surface area (TPSA) is 40.7 Å². The van der Waals surface area contributed by atoms with Gasteiger partial charge in [-0.3, -0.25) is 0 Å². The van der Waals surface area contributed by atoms with Crippen LogP contribution in [-0.2, 0) is 0 Å². The smallest absolute Gasteiger partial charge is 0.147 e. The zero-order valence-corrected chi connectivity index (χ0v) is 8.52. The average molecular weight is 179 g/mol. The van der Waals surface area contributed by atoms with Gasteiger partial charge in [-0.15, -0.1) is 0 Å². The van der Waals surface area contributed by atoms with Crippen LogP contribution >= 0.6 is 0 Å². The number of hydrogen-bond acceptors (Lipinski definition) is 2. The van der Waals surface area contributed by atoms with E-state index in [-0.39, 0.29) is 0 Å². The molecule has 3 heteroatoms. The first-order valence-electron chi connectivity index (χ1n) is 4.86. The highest BCUT2D eigenvalue weighted by Gasteiger charge is 2.31. The maximum atomic E-state index is 4.25. The maximum Gasteiger partial charge on any atom is 0.147 e. The maximum absolute atomic E-state index is 4.25. The number of H-pyrrole nitrogens is 1. The lowest BCUT2D eigenvalue weighted by Gasteiger charge is -2.33. The Bertz CT molecular complexity index is 295. The Kier molecular flexibility index (Phi) is 1.82. The molecule has 0 amide bonds. The summed E-state index contributed by atoms with van der Waals surface area (Å²) in [5.74, 6) is 1.65. The Morgan fingerprint density at radius 1 is 1.46 bits per heavy atom. The Labute approximate surface area is 79.0 Å². The Balaban J connectivity index is 2.35. The first kappa shape index (κ1) is 8.60. The van der Waals surface area contributed by atoms with E-state index in [4.69, 9.17) is 0 Å². The standard InChI is InChI=1S/C10H17N3/c1-10(2,3)7-4-5-11-9-8(7)12-6-13-9/h6-7,11H,4-5H2,1-3H3,(H,12,13). The first-order valence-corrected chi connectivity index (χ1v) is 4.86. The first-order chi connectivity index (χ1) is 6.09. The molecule has 1 aliphatic heterocycles. The summed E-state index contributed by atoms with van der Waals surface area (Å²) < 4.78 is 0. The van der Waals surface area contributed by atoms with Gasteiger partial charge in [0.05, 0.1) is 12.0 Å². The number of aromatic amines is 1. The molecule has 1 aromatic rings. The van der Waals surface area contributed by atoms with Crippen molar-refractivity contribution in [1.29, 1.82) is 0 Å². The molecule has 72 valence electrons. The van der Waals surface area contributed by atoms with Crippen LogP contribution in [0.25, 0.3) is 0 Å². The van der Waals surface area contributed by atoms with Gasteiger partial charge < -0.3 is 10.3 Å². The van der Waals surface area contributed by atoms with E-state index < -0.39 is 0 Å². The number of aromatic nitrogens is 2. The van der Waals surface area contributed by atoms with Gasteiger partial charge in [-0.25, -0.2) is 4.98 Å². The van der Waals surface area contributed by atoms with Crippen LogP contribution in [0.1, 0.15) is 38.8 Å². The van der Waals surface area contributed by atoms with Gasteiger partial charge in [0.1, 0.15) is 5.82 Å². The molecule has 0 radical (unpaired) electrons. The summed E-state index contributed by atoms with van der Waals surface area (Å²) in [6.45, 7) is 7.90. The number of rotatable bonds is 0. The van der Waals surface area contributed by atoms with Gasteiger partial charge in [-0.2, -0.15) is 0 Å². The van der Waals surface area contributed by atoms with Gasteiger partial charge in [0.2, 0.25) is 0 Å². The SMILES string of the molecule is CC(C)(C)C1CCNc2nc[nH]c21. The van der Waals surface area contributed by atoms with Crippen molar-refractivity contribution in [2.75, 3.05) is 11.9 Å². The monoisotopic (exact) mass is 179 g/mol. The van der Waals surface area contributed by atoms with E-state index in [9.17, 15) is 0 Å². The molecule has 0 fully saturated rings. The van der Waals surface area contributed by atoms with Crippen LogP contribution in [-0.4, -0.2) is 16.5 Å². The molecule has 0 spiro atoms. The number of hydrogen-bond donors (Lipinski definition) is 2. The van der Waals surface area contributed by atoms with Gasteiger partial charge in [0, 0.05) is 12.5 Å². The largest absolute Gasteiger partial charge is 0.369 e. The summed E-state index contributed by atoms with van der Waals surface area (Å²) in [6, 6.07) is 0. The lowest BCUT2D eigenvalue weighted by atomic mass is 9.75. The van der Waals surface area contributed by atoms with E-state index >= 15 is 0 Å². The molecule has 1 unspecified atom stereocenters. The summed E-state index contributed by atoms with van der Waals surface area (Å²) in [5.41, 5.74) is 1.60. The zero-order chi connectivity index (χ0) is 9.47. The minimum Gasteiger partial charge on any atom is -0.369 e. The van der Waals surface area contributed by atoms with Gasteiger partial charge >= 0.3 is 0 Å². The molecule has 1 aliphatic rings. The van der Waals surface area contributed by atoms with Crippen LogP contribution in [0.4, 0.5) is 5.82 Å². The third kappa shape index (κ3) is 1.43. The van der Waals surface area contributed by atoms with E-state index in [1.807, 2.05) is 0 Å². The molecule has 2 rings (SSSR count). The molecule has 1 atom stereocenters. The minimum atomic E-state index is 0.323. The second-order valence-electron chi connectivity index (χ2n) is 4.80. The third-order valence-corrected chi connectivity index (χ3v) is 2.79. The average Bonchev–Trinajstić information content (AvgIpc) is 2.48. The summed E-state index contributed by atoms with van der Waals surface area (Å²) in [7, 11) is 0. The molecule has 2 heterocycles. The van der Waals surface area contributed by atoms with Crippen molar-refractivity contribution in [1.82, 2.24) is 9.97 Å². The third-order valence-electron chi connectivity index (χ3n) is 2.79. The van der Waals surface area contributed by atoms with Crippen LogP contribution in [0.15, 0.2) is 6.33 Å². The summed E-state index contributed by atoms with van der Waals surface area (Å²) in [4.78, 5) is 7.49. The van der Waals surface area contributed by atoms with Gasteiger partial charge in [-0.05, 0) is 11.8 Å². The summed E-state index contributed by atoms with van der Waals surface area (Å²) >= 11 is 0. The molecule has 1 aromatic heterocycles. The normalized spacial score (nSPS) is 22.2. The Morgan fingerprint density at radius 2 is 2.23 bits per heavy atom. The van der Waals surface area contributed by atoms with Crippen molar-refractivity contribution in [3.8, 4) is 0 Å². The quantitative estimate of drug-likeness (QED) is 0.642. The van der Waals surface area contributed by atoms with Gasteiger partial charge in [0.25, 0.3) is 0 Å². The van der Waals surface area contributed by atoms with Crippen LogP contribution in [0, 0.1) is 5.41 Å². The highest BCUT2D eigenvalue weighted by Crippen LogP contribution is 2.41. The highest BCUT2D eigenvalue weighted by molar-refractivity contribution is 5.45. The van der Waals surface area contributed by atoms with Gasteiger partial charge in [-0.1, -0.05) is 20.8 Å². The van der Waals surface area contributed by atoms with E-state index in [0.29, 0.717) is 11.3 Å². The van der Waals surface area contributed by atoms with Crippen molar-refractivity contribution >= 4 is 5.82 Å². The van der Waals surface area contributed by atoms with E-state index in [1.54, 1.807) is 6.33 Å². The molecule has 0 aromatic carbocycles. The molecule has 2 N–H and O–H groups in total. The molecule has 0 aliphatic carbocycles. The van der Waals surface area contributed by atoms with Crippen LogP contribution in [0.5, 0.6) is 0 Å². The molecular weight excluding hydrogens is 162 g/mol. The molecule has 0 saturated carbocycles. The lowest BCUT2D eigenvalue weighted by molar-refractivity contribution is 0.301. The number of nitrogens with one attached hydrogen (secondary N) is 2. The van der Waals surface area contributed by atoms with E-state index in [2.05, 4.69) is 36.1 Å². The number of fused-ring (bicyclic) bond motifs is 1. The number of imidazole rings is 1. The molecule has 0 saturated heterocycles. The molecule has 3 nitrogen and oxygen atoms in total. The fourth-order valence-electron chi connectivity index (χ4n) is 2.06. The van der Waals surface area contributed by atoms with Crippen molar-refractivity contribution in [3.05, 3.63) is 12.0 Å². The predicted octanol–water partition coefficient (Wildman–Crippen LogP) is 2.35. The highest BCUT2D eigenvalue weighted by atomic mass is 15.1. The Hall–Kier alpha value is -0.990. The molecule has 0 bridgehead atoms. The van der Waals surface area contributed by atoms with Crippen molar-refractivity contribution in [3.63, 3.8) is 0 Å². The number of anilines is 1. The minimum absolute atomic E-state index is 0.323. The fraction of sp³-hybridized carbons (Fsp3) is 0.700. The summed E-state index contributed by atoms with van der Waals surface area (Å²) in [5, 5.41) is 3.30. The van der Waals surface area contributed by atoms with E-state index in [0.717, 1.165) is 12.4 Å². The van der Waals surface area contributed by atoms with E-state index in [1.165, 1.54) is 12.1 Å². The van der Waals surface area contributed by atoms with Crippen LogP contribution < -0.4 is 5.32 Å². The molecular formula is C10H17N3. The van der Waals surface area contributed by atoms with Crippen LogP contribution in [0.2, 0.25) is 0 Å². The Morgan fingerprint density at radius 3 is 2.92 bits per heavy atom. The lowest BCUT2D eigenvalue weighted by Crippen LogP contribution is -2.26. The fourth-order valence-corrected chi connectivity index (χ4v) is 2.06. The van der Waals surface area contributed by atoms with Crippen molar-refractivity contribution in [2.24, 2.45) is 5.41 Å². The zero-order valence-electron chi connectivity index (χ0n) is 8.52. The number of nitrogens with zero attached hydrogens (tertiary/aromatic N) is 1. The second kappa shape index (κ2) is 2.76. The van der Waals surface area contributed by atoms with Crippen molar-refractivity contribution in [2.45, 2.75) is 33.1 Å². The van der Waals surface area contributed by atoms with Crippen molar-refractivity contribution < 1.29 is 0 Å². The molecule has 13 heavy (non-hydrogen) atoms. The van der Waals surface area contributed by atoms with Crippen LogP contribution in [0.3, 0.4) is 0 Å². The predicted molar refractivity (Wildman–Crippen MR) is 53.9 cm³/mol. The summed E-state index contributed by atoms with van der Waals surface area (Å²) in [6.07, 6.45) is 2.97.